The number of esters is 1. The van der Waals surface area contributed by atoms with Crippen molar-refractivity contribution < 1.29 is 13.9 Å². The zero-order chi connectivity index (χ0) is 23.7. The number of hydrogen-bond acceptors (Lipinski definition) is 6. The van der Waals surface area contributed by atoms with Gasteiger partial charge in [-0.3, -0.25) is 9.58 Å². The van der Waals surface area contributed by atoms with E-state index < -0.39 is 0 Å². The van der Waals surface area contributed by atoms with Crippen LogP contribution in [0.25, 0.3) is 11.5 Å². The molecule has 0 radical (unpaired) electrons. The Balaban J connectivity index is 1.18. The fraction of sp³-hybridized carbons (Fsp3) is 0.400. The minimum Gasteiger partial charge on any atom is -0.465 e. The molecule has 2 bridgehead atoms. The molecule has 0 saturated carbocycles. The van der Waals surface area contributed by atoms with E-state index >= 15 is 0 Å². The van der Waals surface area contributed by atoms with E-state index in [1.807, 2.05) is 29.9 Å². The molecule has 3 saturated heterocycles. The molecule has 0 spiro atoms. The molecule has 3 aliphatic heterocycles. The average molecular weight is 480 g/mol. The number of hydrogen-bond donors (Lipinski definition) is 2. The topological polar surface area (TPSA) is 84.6 Å². The third kappa shape index (κ3) is 4.58. The second-order valence-electron chi connectivity index (χ2n) is 9.00. The Morgan fingerprint density at radius 1 is 1.29 bits per heavy atom. The molecule has 9 heteroatoms. The molecule has 4 atom stereocenters. The summed E-state index contributed by atoms with van der Waals surface area (Å²) in [4.78, 5) is 14.3. The Labute approximate surface area is 204 Å². The van der Waals surface area contributed by atoms with Crippen molar-refractivity contribution >= 4 is 29.0 Å². The molecule has 6 rings (SSSR count). The number of ether oxygens (including phenoxy) is 1. The first-order valence-electron chi connectivity index (χ1n) is 11.6. The molecule has 3 aliphatic rings. The van der Waals surface area contributed by atoms with Crippen LogP contribution in [0.1, 0.15) is 34.8 Å². The maximum Gasteiger partial charge on any atom is 0.337 e. The molecule has 3 aromatic rings. The number of methoxy groups -OCH3 is 1. The number of nitrogens with zero attached hydrogens (tertiary/aromatic N) is 3. The van der Waals surface area contributed by atoms with Crippen LogP contribution in [0.15, 0.2) is 53.1 Å². The monoisotopic (exact) mass is 479 g/mol. The number of fused-ring (bicyclic) bond motifs is 3. The minimum atomic E-state index is -0.368. The zero-order valence-corrected chi connectivity index (χ0v) is 20.2. The number of nitrogens with one attached hydrogen (secondary N) is 2. The fourth-order valence-corrected chi connectivity index (χ4v) is 5.49. The van der Waals surface area contributed by atoms with Gasteiger partial charge in [-0.05, 0) is 73.9 Å². The summed E-state index contributed by atoms with van der Waals surface area (Å²) in [5.74, 6) is 1.53. The van der Waals surface area contributed by atoms with E-state index in [9.17, 15) is 4.79 Å². The highest BCUT2D eigenvalue weighted by Crippen LogP contribution is 2.42. The lowest BCUT2D eigenvalue weighted by Gasteiger charge is -2.50. The summed E-state index contributed by atoms with van der Waals surface area (Å²) in [6.45, 7) is 2.92. The van der Waals surface area contributed by atoms with E-state index in [0.717, 1.165) is 43.2 Å². The highest BCUT2D eigenvalue weighted by Gasteiger charge is 2.41. The lowest BCUT2D eigenvalue weighted by molar-refractivity contribution is 0.0303. The molecule has 0 aliphatic carbocycles. The molecule has 0 amide bonds. The van der Waals surface area contributed by atoms with Gasteiger partial charge in [0, 0.05) is 43.5 Å². The van der Waals surface area contributed by atoms with Crippen molar-refractivity contribution in [1.82, 2.24) is 20.0 Å². The molecule has 1 aromatic carbocycles. The maximum absolute atomic E-state index is 11.8. The second-order valence-corrected chi connectivity index (χ2v) is 9.41. The molecule has 8 nitrogen and oxygen atoms in total. The number of aromatic nitrogens is 2. The van der Waals surface area contributed by atoms with Gasteiger partial charge in [0.15, 0.2) is 10.9 Å². The molecule has 3 fully saturated rings. The molecule has 2 aromatic heterocycles. The number of carbonyl (C=O) groups is 1. The van der Waals surface area contributed by atoms with Gasteiger partial charge in [-0.15, -0.1) is 0 Å². The second kappa shape index (κ2) is 9.60. The molecular weight excluding hydrogens is 450 g/mol. The van der Waals surface area contributed by atoms with Crippen molar-refractivity contribution in [3.8, 4) is 11.5 Å². The van der Waals surface area contributed by atoms with Crippen LogP contribution in [0.4, 0.5) is 5.69 Å². The number of anilines is 1. The van der Waals surface area contributed by atoms with E-state index in [0.29, 0.717) is 28.6 Å². The Morgan fingerprint density at radius 2 is 2.18 bits per heavy atom. The Kier molecular flexibility index (Phi) is 6.38. The number of carbonyl (C=O) groups excluding carboxylic acids is 1. The predicted molar refractivity (Wildman–Crippen MR) is 134 cm³/mol. The van der Waals surface area contributed by atoms with E-state index in [1.165, 1.54) is 19.2 Å². The van der Waals surface area contributed by atoms with Crippen molar-refractivity contribution in [2.75, 3.05) is 32.1 Å². The van der Waals surface area contributed by atoms with Gasteiger partial charge in [-0.2, -0.15) is 5.10 Å². The van der Waals surface area contributed by atoms with Crippen LogP contribution in [0.5, 0.6) is 0 Å². The number of piperidine rings is 3. The summed E-state index contributed by atoms with van der Waals surface area (Å²) >= 11 is 5.51. The van der Waals surface area contributed by atoms with Crippen LogP contribution in [0.3, 0.4) is 0 Å². The van der Waals surface area contributed by atoms with Gasteiger partial charge in [0.25, 0.3) is 0 Å². The van der Waals surface area contributed by atoms with Crippen LogP contribution in [0, 0.1) is 5.92 Å². The highest BCUT2D eigenvalue weighted by molar-refractivity contribution is 7.80. The average Bonchev–Trinajstić information content (AvgIpc) is 3.52. The smallest absolute Gasteiger partial charge is 0.337 e. The van der Waals surface area contributed by atoms with Gasteiger partial charge in [0.2, 0.25) is 0 Å². The molecule has 2 N–H and O–H groups in total. The summed E-state index contributed by atoms with van der Waals surface area (Å²) in [6, 6.07) is 13.6. The number of aryl methyl sites for hydroxylation is 1. The third-order valence-electron chi connectivity index (χ3n) is 6.99. The van der Waals surface area contributed by atoms with Crippen molar-refractivity contribution in [3.63, 3.8) is 0 Å². The molecule has 178 valence electrons. The van der Waals surface area contributed by atoms with E-state index in [1.54, 1.807) is 24.5 Å². The summed E-state index contributed by atoms with van der Waals surface area (Å²) in [5.41, 5.74) is 3.41. The third-order valence-corrected chi connectivity index (χ3v) is 7.23. The van der Waals surface area contributed by atoms with Crippen molar-refractivity contribution in [2.24, 2.45) is 13.0 Å². The standard InChI is InChI=1S/C25H29N5O3S/c1-29-22(13-21(28-29)23-7-4-10-33-23)20-15-30-9-8-16(20)12-19(30)14-26-25(34)27-18-6-3-5-17(11-18)24(31)32-2/h3-7,10-11,13,16,19-20H,8-9,12,14-15H2,1-2H3,(H2,26,27,34). The Bertz CT molecular complexity index is 1180. The largest absolute Gasteiger partial charge is 0.465 e. The quantitative estimate of drug-likeness (QED) is 0.410. The summed E-state index contributed by atoms with van der Waals surface area (Å²) in [7, 11) is 3.40. The zero-order valence-electron chi connectivity index (χ0n) is 19.4. The molecular formula is C25H29N5O3S. The van der Waals surface area contributed by atoms with E-state index in [-0.39, 0.29) is 5.97 Å². The van der Waals surface area contributed by atoms with Gasteiger partial charge in [-0.25, -0.2) is 4.79 Å². The van der Waals surface area contributed by atoms with Gasteiger partial charge in [-0.1, -0.05) is 6.07 Å². The van der Waals surface area contributed by atoms with Crippen LogP contribution in [-0.4, -0.2) is 58.5 Å². The van der Waals surface area contributed by atoms with E-state index in [4.69, 9.17) is 26.5 Å². The van der Waals surface area contributed by atoms with Gasteiger partial charge in [0.05, 0.1) is 18.9 Å². The summed E-state index contributed by atoms with van der Waals surface area (Å²) in [5, 5.41) is 11.8. The normalized spacial score (nSPS) is 23.5. The summed E-state index contributed by atoms with van der Waals surface area (Å²) < 4.78 is 12.3. The van der Waals surface area contributed by atoms with Crippen molar-refractivity contribution in [2.45, 2.75) is 24.8 Å². The lowest BCUT2D eigenvalue weighted by Crippen LogP contribution is -2.56. The number of benzene rings is 1. The maximum atomic E-state index is 11.8. The van der Waals surface area contributed by atoms with E-state index in [2.05, 4.69) is 21.6 Å². The van der Waals surface area contributed by atoms with Gasteiger partial charge < -0.3 is 19.8 Å². The van der Waals surface area contributed by atoms with Crippen LogP contribution in [-0.2, 0) is 11.8 Å². The number of rotatable bonds is 6. The molecule has 4 unspecified atom stereocenters. The number of furan rings is 1. The first kappa shape index (κ1) is 22.6. The van der Waals surface area contributed by atoms with Crippen LogP contribution < -0.4 is 10.6 Å². The SMILES string of the molecule is COC(=O)c1cccc(NC(=S)NCC2CC3CCN2CC3c2cc(-c3ccco3)nn2C)c1. The first-order chi connectivity index (χ1) is 16.5. The minimum absolute atomic E-state index is 0.368. The fourth-order valence-electron chi connectivity index (χ4n) is 5.29. The van der Waals surface area contributed by atoms with Crippen LogP contribution >= 0.6 is 12.2 Å². The Morgan fingerprint density at radius 3 is 2.91 bits per heavy atom. The van der Waals surface area contributed by atoms with Gasteiger partial charge in [0.1, 0.15) is 5.69 Å². The van der Waals surface area contributed by atoms with Gasteiger partial charge >= 0.3 is 5.97 Å². The van der Waals surface area contributed by atoms with Crippen molar-refractivity contribution in [1.29, 1.82) is 0 Å². The molecule has 34 heavy (non-hydrogen) atoms. The summed E-state index contributed by atoms with van der Waals surface area (Å²) in [6.07, 6.45) is 4.01. The highest BCUT2D eigenvalue weighted by atomic mass is 32.1. The Hall–Kier alpha value is -3.17. The van der Waals surface area contributed by atoms with Crippen LogP contribution in [0.2, 0.25) is 0 Å². The molecule has 5 heterocycles. The predicted octanol–water partition coefficient (Wildman–Crippen LogP) is 3.63. The van der Waals surface area contributed by atoms with Crippen molar-refractivity contribution in [3.05, 3.63) is 60.0 Å². The first-order valence-corrected chi connectivity index (χ1v) is 12.0. The lowest BCUT2D eigenvalue weighted by atomic mass is 9.74. The number of thiocarbonyl (C=S) groups is 1.